The van der Waals surface area contributed by atoms with Crippen molar-refractivity contribution in [3.05, 3.63) is 118 Å². The number of fused-ring (bicyclic) bond motifs is 1. The summed E-state index contributed by atoms with van der Waals surface area (Å²) >= 11 is 0. The second-order valence-corrected chi connectivity index (χ2v) is 10.2. The van der Waals surface area contributed by atoms with E-state index in [1.807, 2.05) is 6.07 Å². The number of benzene rings is 3. The Labute approximate surface area is 251 Å². The van der Waals surface area contributed by atoms with Crippen molar-refractivity contribution < 1.29 is 23.1 Å². The number of amides is 1. The van der Waals surface area contributed by atoms with E-state index in [0.717, 1.165) is 17.7 Å². The standard InChI is InChI=1S/C32H26F3N7O2/c1-3-27(40(31(43)44)19-22-8-5-4-6-9-22)29-38-30-41(25-11-7-10-24(16-25)32(33,34)35)20(2)26(18-37)28(42(30)39-29)23-14-12-21(17-36)13-15-23/h4-16,27-28H,3,19H2,1-2H3,(H,43,44)/t27?,28-/m1/s1. The van der Waals surface area contributed by atoms with Crippen molar-refractivity contribution >= 4 is 17.7 Å². The first kappa shape index (κ1) is 29.9. The Hall–Kier alpha value is -5.62. The average molecular weight is 598 g/mol. The van der Waals surface area contributed by atoms with Gasteiger partial charge in [0.25, 0.3) is 0 Å². The summed E-state index contributed by atoms with van der Waals surface area (Å²) in [4.78, 5) is 19.9. The van der Waals surface area contributed by atoms with E-state index in [4.69, 9.17) is 10.1 Å². The van der Waals surface area contributed by atoms with Crippen LogP contribution in [0.25, 0.3) is 0 Å². The number of anilines is 2. The van der Waals surface area contributed by atoms with Gasteiger partial charge < -0.3 is 5.11 Å². The Morgan fingerprint density at radius 2 is 1.75 bits per heavy atom. The van der Waals surface area contributed by atoms with Crippen molar-refractivity contribution in [2.45, 2.75) is 45.1 Å². The van der Waals surface area contributed by atoms with Gasteiger partial charge in [-0.25, -0.2) is 9.48 Å². The maximum Gasteiger partial charge on any atom is 0.416 e. The Morgan fingerprint density at radius 3 is 2.34 bits per heavy atom. The molecule has 1 aliphatic heterocycles. The third-order valence-corrected chi connectivity index (χ3v) is 7.48. The second kappa shape index (κ2) is 11.9. The number of hydrogen-bond acceptors (Lipinski definition) is 6. The van der Waals surface area contributed by atoms with E-state index >= 15 is 0 Å². The van der Waals surface area contributed by atoms with Gasteiger partial charge in [0.15, 0.2) is 5.82 Å². The Kier molecular flexibility index (Phi) is 8.10. The molecule has 1 amide bonds. The minimum absolute atomic E-state index is 0.0513. The predicted octanol–water partition coefficient (Wildman–Crippen LogP) is 7.34. The monoisotopic (exact) mass is 597 g/mol. The quantitative estimate of drug-likeness (QED) is 0.237. The molecule has 2 atom stereocenters. The van der Waals surface area contributed by atoms with Crippen LogP contribution in [0, 0.1) is 22.7 Å². The highest BCUT2D eigenvalue weighted by Gasteiger charge is 2.39. The lowest BCUT2D eigenvalue weighted by molar-refractivity contribution is -0.137. The number of aromatic nitrogens is 3. The highest BCUT2D eigenvalue weighted by atomic mass is 19.4. The molecule has 222 valence electrons. The Bertz CT molecular complexity index is 1800. The molecule has 0 spiro atoms. The number of allylic oxidation sites excluding steroid dienone is 2. The van der Waals surface area contributed by atoms with E-state index in [2.05, 4.69) is 12.1 Å². The van der Waals surface area contributed by atoms with Crippen LogP contribution in [0.1, 0.15) is 60.4 Å². The molecule has 4 aromatic rings. The maximum atomic E-state index is 13.7. The fourth-order valence-electron chi connectivity index (χ4n) is 5.34. The molecule has 5 rings (SSSR count). The van der Waals surface area contributed by atoms with E-state index in [1.54, 1.807) is 62.4 Å². The van der Waals surface area contributed by atoms with Crippen molar-refractivity contribution in [3.8, 4) is 12.1 Å². The Balaban J connectivity index is 1.71. The highest BCUT2D eigenvalue weighted by Crippen LogP contribution is 2.44. The number of alkyl halides is 3. The zero-order chi connectivity index (χ0) is 31.6. The molecule has 1 unspecified atom stereocenters. The van der Waals surface area contributed by atoms with E-state index in [0.29, 0.717) is 23.2 Å². The van der Waals surface area contributed by atoms with Crippen molar-refractivity contribution in [1.82, 2.24) is 19.7 Å². The van der Waals surface area contributed by atoms with E-state index < -0.39 is 29.9 Å². The van der Waals surface area contributed by atoms with Crippen molar-refractivity contribution in [3.63, 3.8) is 0 Å². The molecular weight excluding hydrogens is 571 g/mol. The van der Waals surface area contributed by atoms with Gasteiger partial charge in [-0.1, -0.05) is 55.5 Å². The topological polar surface area (TPSA) is 122 Å². The number of rotatable bonds is 7. The van der Waals surface area contributed by atoms with Gasteiger partial charge in [0.2, 0.25) is 5.95 Å². The molecule has 3 aromatic carbocycles. The van der Waals surface area contributed by atoms with E-state index in [1.165, 1.54) is 26.6 Å². The number of nitrogens with zero attached hydrogens (tertiary/aromatic N) is 7. The summed E-state index contributed by atoms with van der Waals surface area (Å²) in [6, 6.07) is 22.8. The lowest BCUT2D eigenvalue weighted by atomic mass is 9.95. The smallest absolute Gasteiger partial charge is 0.416 e. The van der Waals surface area contributed by atoms with Crippen LogP contribution in [0.4, 0.5) is 29.6 Å². The molecule has 1 aliphatic rings. The third-order valence-electron chi connectivity index (χ3n) is 7.48. The molecule has 12 heteroatoms. The summed E-state index contributed by atoms with van der Waals surface area (Å²) < 4.78 is 42.6. The molecule has 1 aromatic heterocycles. The van der Waals surface area contributed by atoms with Crippen LogP contribution >= 0.6 is 0 Å². The number of hydrogen-bond donors (Lipinski definition) is 1. The lowest BCUT2D eigenvalue weighted by Gasteiger charge is -2.34. The van der Waals surface area contributed by atoms with Crippen LogP contribution in [0.15, 0.2) is 90.1 Å². The first-order valence-corrected chi connectivity index (χ1v) is 13.7. The predicted molar refractivity (Wildman–Crippen MR) is 154 cm³/mol. The van der Waals surface area contributed by atoms with E-state index in [-0.39, 0.29) is 29.6 Å². The summed E-state index contributed by atoms with van der Waals surface area (Å²) in [6.07, 6.45) is -5.51. The van der Waals surface area contributed by atoms with Gasteiger partial charge in [-0.2, -0.15) is 33.8 Å². The molecule has 0 fully saturated rings. The summed E-state index contributed by atoms with van der Waals surface area (Å²) in [5.74, 6) is 0.247. The fraction of sp³-hybridized carbons (Fsp3) is 0.219. The van der Waals surface area contributed by atoms with Gasteiger partial charge in [0.05, 0.1) is 34.9 Å². The molecule has 44 heavy (non-hydrogen) atoms. The maximum absolute atomic E-state index is 13.7. The third kappa shape index (κ3) is 5.57. The normalized spacial score (nSPS) is 15.2. The van der Waals surface area contributed by atoms with Gasteiger partial charge in [-0.05, 0) is 54.8 Å². The molecule has 0 radical (unpaired) electrons. The first-order valence-electron chi connectivity index (χ1n) is 13.7. The molecule has 2 heterocycles. The summed E-state index contributed by atoms with van der Waals surface area (Å²) in [5.41, 5.74) is 1.50. The van der Waals surface area contributed by atoms with Crippen molar-refractivity contribution in [2.24, 2.45) is 0 Å². The molecule has 9 nitrogen and oxygen atoms in total. The number of carboxylic acid groups (broad SMARTS) is 1. The largest absolute Gasteiger partial charge is 0.465 e. The number of carbonyl (C=O) groups is 1. The molecule has 0 saturated heterocycles. The molecular formula is C32H26F3N7O2. The van der Waals surface area contributed by atoms with Crippen LogP contribution in [-0.4, -0.2) is 30.9 Å². The van der Waals surface area contributed by atoms with Gasteiger partial charge in [-0.3, -0.25) is 9.80 Å². The van der Waals surface area contributed by atoms with Gasteiger partial charge in [-0.15, -0.1) is 0 Å². The second-order valence-electron chi connectivity index (χ2n) is 10.2. The minimum atomic E-state index is -4.61. The van der Waals surface area contributed by atoms with Crippen LogP contribution in [0.2, 0.25) is 0 Å². The highest BCUT2D eigenvalue weighted by molar-refractivity contribution is 5.69. The molecule has 0 saturated carbocycles. The summed E-state index contributed by atoms with van der Waals surface area (Å²) in [7, 11) is 0. The molecule has 0 aliphatic carbocycles. The summed E-state index contributed by atoms with van der Waals surface area (Å²) in [5, 5.41) is 34.6. The van der Waals surface area contributed by atoms with Crippen LogP contribution in [-0.2, 0) is 12.7 Å². The molecule has 0 bridgehead atoms. The zero-order valence-electron chi connectivity index (χ0n) is 23.7. The van der Waals surface area contributed by atoms with Crippen molar-refractivity contribution in [2.75, 3.05) is 4.90 Å². The zero-order valence-corrected chi connectivity index (χ0v) is 23.7. The summed E-state index contributed by atoms with van der Waals surface area (Å²) in [6.45, 7) is 3.46. The van der Waals surface area contributed by atoms with Crippen LogP contribution < -0.4 is 4.90 Å². The average Bonchev–Trinajstić information content (AvgIpc) is 3.44. The van der Waals surface area contributed by atoms with Gasteiger partial charge >= 0.3 is 12.3 Å². The van der Waals surface area contributed by atoms with Crippen molar-refractivity contribution in [1.29, 1.82) is 10.5 Å². The fourth-order valence-corrected chi connectivity index (χ4v) is 5.34. The number of nitriles is 2. The van der Waals surface area contributed by atoms with Gasteiger partial charge in [0.1, 0.15) is 6.04 Å². The Morgan fingerprint density at radius 1 is 1.05 bits per heavy atom. The SMILES string of the molecule is CCC(c1nc2n(n1)[C@H](c1ccc(C#N)cc1)C(C#N)=C(C)N2c1cccc(C(F)(F)F)c1)N(Cc1ccccc1)C(=O)O. The van der Waals surface area contributed by atoms with Crippen LogP contribution in [0.3, 0.4) is 0 Å². The van der Waals surface area contributed by atoms with Crippen LogP contribution in [0.5, 0.6) is 0 Å². The lowest BCUT2D eigenvalue weighted by Crippen LogP contribution is -2.33. The molecule has 1 N–H and O–H groups in total. The minimum Gasteiger partial charge on any atom is -0.465 e. The van der Waals surface area contributed by atoms with E-state index in [9.17, 15) is 33.6 Å². The number of halogens is 3. The van der Waals surface area contributed by atoms with Gasteiger partial charge in [0, 0.05) is 17.9 Å². The first-order chi connectivity index (χ1) is 21.1.